The van der Waals surface area contributed by atoms with Gasteiger partial charge < -0.3 is 10.5 Å². The summed E-state index contributed by atoms with van der Waals surface area (Å²) in [6, 6.07) is 11.4. The Labute approximate surface area is 124 Å². The highest BCUT2D eigenvalue weighted by Gasteiger charge is 2.03. The Hall–Kier alpha value is -2.82. The highest BCUT2D eigenvalue weighted by Crippen LogP contribution is 2.20. The number of hydrogen-bond donors (Lipinski definition) is 1. The second-order valence-corrected chi connectivity index (χ2v) is 4.46. The second-order valence-electron chi connectivity index (χ2n) is 4.46. The molecule has 1 aromatic heterocycles. The fourth-order valence-electron chi connectivity index (χ4n) is 1.80. The lowest BCUT2D eigenvalue weighted by molar-refractivity contribution is 0.305. The molecule has 0 radical (unpaired) electrons. The molecule has 0 amide bonds. The van der Waals surface area contributed by atoms with Gasteiger partial charge in [-0.05, 0) is 42.3 Å². The van der Waals surface area contributed by atoms with Gasteiger partial charge in [0.1, 0.15) is 24.1 Å². The van der Waals surface area contributed by atoms with Crippen LogP contribution in [0.5, 0.6) is 5.75 Å². The Morgan fingerprint density at radius 3 is 2.90 bits per heavy atom. The van der Waals surface area contributed by atoms with Crippen LogP contribution in [0.4, 0.5) is 0 Å². The van der Waals surface area contributed by atoms with Crippen LogP contribution in [-0.2, 0) is 6.61 Å². The molecule has 104 valence electrons. The molecule has 4 heteroatoms. The van der Waals surface area contributed by atoms with E-state index in [1.165, 1.54) is 0 Å². The molecule has 0 bridgehead atoms. The largest absolute Gasteiger partial charge is 0.488 e. The average Bonchev–Trinajstić information content (AvgIpc) is 2.52. The van der Waals surface area contributed by atoms with Crippen LogP contribution in [0.2, 0.25) is 0 Å². The van der Waals surface area contributed by atoms with Crippen LogP contribution in [0, 0.1) is 30.1 Å². The lowest BCUT2D eigenvalue weighted by Gasteiger charge is -2.09. The number of hydrogen-bond acceptors (Lipinski definition) is 4. The molecule has 0 unspecified atom stereocenters. The van der Waals surface area contributed by atoms with Crippen LogP contribution in [0.25, 0.3) is 0 Å². The molecule has 2 N–H and O–H groups in total. The molecular formula is C17H15N3O. The van der Waals surface area contributed by atoms with Crippen LogP contribution in [-0.4, -0.2) is 11.5 Å². The van der Waals surface area contributed by atoms with Gasteiger partial charge in [0.05, 0.1) is 12.1 Å². The van der Waals surface area contributed by atoms with Gasteiger partial charge in [0.25, 0.3) is 0 Å². The Bertz CT molecular complexity index is 736. The fourth-order valence-corrected chi connectivity index (χ4v) is 1.80. The Morgan fingerprint density at radius 1 is 1.29 bits per heavy atom. The predicted molar refractivity (Wildman–Crippen MR) is 80.4 cm³/mol. The summed E-state index contributed by atoms with van der Waals surface area (Å²) >= 11 is 0. The zero-order chi connectivity index (χ0) is 15.1. The molecule has 2 rings (SSSR count). The molecule has 1 aromatic carbocycles. The smallest absolute Gasteiger partial charge is 0.140 e. The highest BCUT2D eigenvalue weighted by molar-refractivity contribution is 5.48. The molecule has 21 heavy (non-hydrogen) atoms. The number of nitrogens with zero attached hydrogens (tertiary/aromatic N) is 2. The SMILES string of the molecule is Cc1ccc(OCc2ccnc(C#N)c2)c(C#CCN)c1. The first-order valence-corrected chi connectivity index (χ1v) is 6.50. The summed E-state index contributed by atoms with van der Waals surface area (Å²) in [5.74, 6) is 6.55. The van der Waals surface area contributed by atoms with Crippen LogP contribution in [0.3, 0.4) is 0 Å². The Balaban J connectivity index is 2.18. The van der Waals surface area contributed by atoms with Gasteiger partial charge in [0.15, 0.2) is 0 Å². The zero-order valence-corrected chi connectivity index (χ0v) is 11.8. The van der Waals surface area contributed by atoms with E-state index in [2.05, 4.69) is 16.8 Å². The van der Waals surface area contributed by atoms with Crippen molar-refractivity contribution in [3.05, 3.63) is 58.9 Å². The van der Waals surface area contributed by atoms with Gasteiger partial charge in [0.2, 0.25) is 0 Å². The van der Waals surface area contributed by atoms with E-state index in [-0.39, 0.29) is 0 Å². The number of rotatable bonds is 3. The number of aryl methyl sites for hydroxylation is 1. The van der Waals surface area contributed by atoms with E-state index in [1.807, 2.05) is 37.3 Å². The van der Waals surface area contributed by atoms with Gasteiger partial charge in [-0.15, -0.1) is 0 Å². The van der Waals surface area contributed by atoms with E-state index in [0.717, 1.165) is 16.7 Å². The average molecular weight is 277 g/mol. The number of pyridine rings is 1. The van der Waals surface area contributed by atoms with E-state index in [9.17, 15) is 0 Å². The van der Waals surface area contributed by atoms with Crippen molar-refractivity contribution in [1.82, 2.24) is 4.98 Å². The summed E-state index contributed by atoms with van der Waals surface area (Å²) in [6.07, 6.45) is 1.60. The highest BCUT2D eigenvalue weighted by atomic mass is 16.5. The van der Waals surface area contributed by atoms with Gasteiger partial charge in [-0.1, -0.05) is 17.9 Å². The van der Waals surface area contributed by atoms with E-state index in [0.29, 0.717) is 24.6 Å². The van der Waals surface area contributed by atoms with Gasteiger partial charge in [-0.25, -0.2) is 4.98 Å². The van der Waals surface area contributed by atoms with Crippen LogP contribution in [0.1, 0.15) is 22.4 Å². The van der Waals surface area contributed by atoms with Crippen LogP contribution >= 0.6 is 0 Å². The first kappa shape index (κ1) is 14.6. The van der Waals surface area contributed by atoms with Crippen molar-refractivity contribution < 1.29 is 4.74 Å². The summed E-state index contributed by atoms with van der Waals surface area (Å²) in [5, 5.41) is 8.84. The molecule has 1 heterocycles. The topological polar surface area (TPSA) is 71.9 Å². The third-order valence-electron chi connectivity index (χ3n) is 2.79. The van der Waals surface area contributed by atoms with Crippen LogP contribution < -0.4 is 10.5 Å². The Morgan fingerprint density at radius 2 is 2.14 bits per heavy atom. The molecule has 0 fully saturated rings. The first-order valence-electron chi connectivity index (χ1n) is 6.50. The Kier molecular flexibility index (Phi) is 4.93. The summed E-state index contributed by atoms with van der Waals surface area (Å²) in [7, 11) is 0. The summed E-state index contributed by atoms with van der Waals surface area (Å²) in [5.41, 5.74) is 8.60. The molecule has 2 aromatic rings. The predicted octanol–water partition coefficient (Wildman–Crippen LogP) is 2.15. The lowest BCUT2D eigenvalue weighted by Crippen LogP contribution is -1.99. The van der Waals surface area contributed by atoms with E-state index in [4.69, 9.17) is 15.7 Å². The van der Waals surface area contributed by atoms with E-state index >= 15 is 0 Å². The normalized spacial score (nSPS) is 9.38. The number of nitrogens with two attached hydrogens (primary N) is 1. The van der Waals surface area contributed by atoms with Crippen molar-refractivity contribution >= 4 is 0 Å². The maximum atomic E-state index is 8.84. The minimum absolute atomic E-state index is 0.309. The van der Waals surface area contributed by atoms with Crippen molar-refractivity contribution in [2.75, 3.05) is 6.54 Å². The van der Waals surface area contributed by atoms with Crippen molar-refractivity contribution in [2.24, 2.45) is 5.73 Å². The number of nitriles is 1. The van der Waals surface area contributed by atoms with Crippen molar-refractivity contribution in [2.45, 2.75) is 13.5 Å². The third-order valence-corrected chi connectivity index (χ3v) is 2.79. The third kappa shape index (κ3) is 4.07. The maximum absolute atomic E-state index is 8.84. The standard InChI is InChI=1S/C17H15N3O/c1-13-4-5-17(15(9-13)3-2-7-18)21-12-14-6-8-20-16(10-14)11-19/h4-6,8-10H,7,12,18H2,1H3. The van der Waals surface area contributed by atoms with Gasteiger partial charge >= 0.3 is 0 Å². The molecule has 4 nitrogen and oxygen atoms in total. The molecule has 0 saturated heterocycles. The van der Waals surface area contributed by atoms with Crippen molar-refractivity contribution in [3.8, 4) is 23.7 Å². The minimum Gasteiger partial charge on any atom is -0.488 e. The molecule has 0 aliphatic heterocycles. The van der Waals surface area contributed by atoms with Crippen molar-refractivity contribution in [1.29, 1.82) is 5.26 Å². The summed E-state index contributed by atoms with van der Waals surface area (Å²) in [4.78, 5) is 3.93. The molecule has 0 aliphatic carbocycles. The monoisotopic (exact) mass is 277 g/mol. The van der Waals surface area contributed by atoms with Gasteiger partial charge in [0, 0.05) is 6.20 Å². The summed E-state index contributed by atoms with van der Waals surface area (Å²) < 4.78 is 5.79. The number of aromatic nitrogens is 1. The van der Waals surface area contributed by atoms with Crippen molar-refractivity contribution in [3.63, 3.8) is 0 Å². The van der Waals surface area contributed by atoms with Gasteiger partial charge in [-0.2, -0.15) is 5.26 Å². The molecular weight excluding hydrogens is 262 g/mol. The molecule has 0 spiro atoms. The summed E-state index contributed by atoms with van der Waals surface area (Å²) in [6.45, 7) is 2.67. The fraction of sp³-hybridized carbons (Fsp3) is 0.176. The second kappa shape index (κ2) is 7.09. The number of benzene rings is 1. The molecule has 0 saturated carbocycles. The van der Waals surface area contributed by atoms with Gasteiger partial charge in [-0.3, -0.25) is 0 Å². The zero-order valence-electron chi connectivity index (χ0n) is 11.8. The quantitative estimate of drug-likeness (QED) is 0.873. The molecule has 0 atom stereocenters. The lowest BCUT2D eigenvalue weighted by atomic mass is 10.1. The number of ether oxygens (including phenoxy) is 1. The van der Waals surface area contributed by atoms with Crippen LogP contribution in [0.15, 0.2) is 36.5 Å². The molecule has 0 aliphatic rings. The van der Waals surface area contributed by atoms with E-state index in [1.54, 1.807) is 12.3 Å². The first-order chi connectivity index (χ1) is 10.2. The minimum atomic E-state index is 0.309. The maximum Gasteiger partial charge on any atom is 0.140 e. The van der Waals surface area contributed by atoms with E-state index < -0.39 is 0 Å².